The average Bonchev–Trinajstić information content (AvgIpc) is 2.92. The third kappa shape index (κ3) is 3.60. The van der Waals surface area contributed by atoms with Gasteiger partial charge in [0.25, 0.3) is 0 Å². The molecule has 2 aromatic carbocycles. The molecule has 0 N–H and O–H groups in total. The molecule has 0 fully saturated rings. The van der Waals surface area contributed by atoms with E-state index in [9.17, 15) is 0 Å². The fraction of sp³-hybridized carbons (Fsp3) is 0.130. The monoisotopic (exact) mass is 352 g/mol. The summed E-state index contributed by atoms with van der Waals surface area (Å²) in [6.07, 6.45) is 8.08. The number of hydrogen-bond acceptors (Lipinski definition) is 4. The SMILES string of the molecule is Cc1nc(C2=CC=CC(C)(c3ccccc3)C=N2)nc(-c2ccccc2)n1. The molecule has 1 atom stereocenters. The average molecular weight is 352 g/mol. The van der Waals surface area contributed by atoms with E-state index in [2.05, 4.69) is 40.1 Å². The van der Waals surface area contributed by atoms with E-state index in [0.717, 1.165) is 11.3 Å². The molecule has 0 radical (unpaired) electrons. The van der Waals surface area contributed by atoms with Crippen molar-refractivity contribution in [2.75, 3.05) is 0 Å². The van der Waals surface area contributed by atoms with Crippen LogP contribution in [0.1, 0.15) is 24.1 Å². The summed E-state index contributed by atoms with van der Waals surface area (Å²) in [5, 5.41) is 0. The van der Waals surface area contributed by atoms with Crippen molar-refractivity contribution in [1.29, 1.82) is 0 Å². The Balaban J connectivity index is 1.71. The Morgan fingerprint density at radius 2 is 1.44 bits per heavy atom. The highest BCUT2D eigenvalue weighted by atomic mass is 15.0. The number of hydrogen-bond donors (Lipinski definition) is 0. The lowest BCUT2D eigenvalue weighted by Crippen LogP contribution is -2.20. The number of aliphatic imine (C=N–C) groups is 1. The van der Waals surface area contributed by atoms with Crippen LogP contribution >= 0.6 is 0 Å². The van der Waals surface area contributed by atoms with Crippen molar-refractivity contribution in [3.63, 3.8) is 0 Å². The second-order valence-electron chi connectivity index (χ2n) is 6.71. The highest BCUT2D eigenvalue weighted by molar-refractivity contribution is 5.83. The third-order valence-electron chi connectivity index (χ3n) is 4.57. The van der Waals surface area contributed by atoms with E-state index >= 15 is 0 Å². The van der Waals surface area contributed by atoms with Crippen LogP contribution in [-0.2, 0) is 5.41 Å². The predicted molar refractivity (Wildman–Crippen MR) is 109 cm³/mol. The lowest BCUT2D eigenvalue weighted by Gasteiger charge is -2.20. The predicted octanol–water partition coefficient (Wildman–Crippen LogP) is 4.79. The smallest absolute Gasteiger partial charge is 0.182 e. The number of nitrogens with zero attached hydrogens (tertiary/aromatic N) is 4. The van der Waals surface area contributed by atoms with Gasteiger partial charge >= 0.3 is 0 Å². The third-order valence-corrected chi connectivity index (χ3v) is 4.57. The van der Waals surface area contributed by atoms with E-state index in [0.29, 0.717) is 17.5 Å². The van der Waals surface area contributed by atoms with Crippen LogP contribution in [0.4, 0.5) is 0 Å². The van der Waals surface area contributed by atoms with Crippen LogP contribution in [0.2, 0.25) is 0 Å². The summed E-state index contributed by atoms with van der Waals surface area (Å²) in [5.41, 5.74) is 2.61. The minimum absolute atomic E-state index is 0.274. The molecule has 0 saturated heterocycles. The number of rotatable bonds is 3. The summed E-state index contributed by atoms with van der Waals surface area (Å²) in [7, 11) is 0. The van der Waals surface area contributed by atoms with Gasteiger partial charge in [-0.2, -0.15) is 0 Å². The Labute approximate surface area is 159 Å². The van der Waals surface area contributed by atoms with Crippen molar-refractivity contribution >= 4 is 11.9 Å². The van der Waals surface area contributed by atoms with Crippen LogP contribution in [0.5, 0.6) is 0 Å². The maximum absolute atomic E-state index is 4.72. The van der Waals surface area contributed by atoms with Crippen molar-refractivity contribution in [3.8, 4) is 11.4 Å². The quantitative estimate of drug-likeness (QED) is 0.681. The minimum Gasteiger partial charge on any atom is -0.256 e. The highest BCUT2D eigenvalue weighted by Crippen LogP contribution is 2.27. The van der Waals surface area contributed by atoms with Crippen LogP contribution in [0.25, 0.3) is 17.1 Å². The molecule has 132 valence electrons. The Hall–Kier alpha value is -3.40. The van der Waals surface area contributed by atoms with Crippen LogP contribution in [-0.4, -0.2) is 21.2 Å². The van der Waals surface area contributed by atoms with E-state index in [1.807, 2.05) is 73.8 Å². The summed E-state index contributed by atoms with van der Waals surface area (Å²) in [4.78, 5) is 18.4. The topological polar surface area (TPSA) is 51.0 Å². The summed E-state index contributed by atoms with van der Waals surface area (Å²) in [6, 6.07) is 20.3. The zero-order chi connectivity index (χ0) is 18.7. The molecule has 0 amide bonds. The summed E-state index contributed by atoms with van der Waals surface area (Å²) < 4.78 is 0. The lowest BCUT2D eigenvalue weighted by atomic mass is 9.83. The van der Waals surface area contributed by atoms with Crippen LogP contribution < -0.4 is 0 Å². The first kappa shape index (κ1) is 17.0. The van der Waals surface area contributed by atoms with Crippen molar-refractivity contribution < 1.29 is 0 Å². The van der Waals surface area contributed by atoms with Crippen LogP contribution in [0.3, 0.4) is 0 Å². The van der Waals surface area contributed by atoms with Gasteiger partial charge in [0.1, 0.15) is 11.5 Å². The minimum atomic E-state index is -0.274. The molecule has 4 rings (SSSR count). The van der Waals surface area contributed by atoms with Gasteiger partial charge in [0, 0.05) is 17.2 Å². The largest absolute Gasteiger partial charge is 0.256 e. The molecule has 1 unspecified atom stereocenters. The van der Waals surface area contributed by atoms with Crippen molar-refractivity contribution in [2.24, 2.45) is 4.99 Å². The Bertz CT molecular complexity index is 1040. The Kier molecular flexibility index (Phi) is 4.47. The van der Waals surface area contributed by atoms with Gasteiger partial charge in [-0.3, -0.25) is 4.99 Å². The lowest BCUT2D eigenvalue weighted by molar-refractivity contribution is 0.830. The molecular formula is C23H20N4. The maximum Gasteiger partial charge on any atom is 0.182 e. The summed E-state index contributed by atoms with van der Waals surface area (Å²) in [6.45, 7) is 4.02. The number of aromatic nitrogens is 3. The molecule has 0 bridgehead atoms. The van der Waals surface area contributed by atoms with E-state index in [1.165, 1.54) is 5.56 Å². The van der Waals surface area contributed by atoms with Crippen LogP contribution in [0.15, 0.2) is 83.9 Å². The molecule has 0 saturated carbocycles. The fourth-order valence-corrected chi connectivity index (χ4v) is 3.04. The molecule has 4 nitrogen and oxygen atoms in total. The van der Waals surface area contributed by atoms with E-state index in [4.69, 9.17) is 4.99 Å². The molecule has 1 aliphatic heterocycles. The van der Waals surface area contributed by atoms with E-state index in [1.54, 1.807) is 0 Å². The summed E-state index contributed by atoms with van der Waals surface area (Å²) >= 11 is 0. The number of benzene rings is 2. The zero-order valence-electron chi connectivity index (χ0n) is 15.4. The van der Waals surface area contributed by atoms with E-state index < -0.39 is 0 Å². The number of allylic oxidation sites excluding steroid dienone is 3. The molecular weight excluding hydrogens is 332 g/mol. The number of aryl methyl sites for hydroxylation is 1. The first-order valence-corrected chi connectivity index (χ1v) is 8.93. The van der Waals surface area contributed by atoms with Gasteiger partial charge in [0.05, 0.1) is 0 Å². The van der Waals surface area contributed by atoms with Gasteiger partial charge < -0.3 is 0 Å². The van der Waals surface area contributed by atoms with Gasteiger partial charge in [-0.1, -0.05) is 72.8 Å². The zero-order valence-corrected chi connectivity index (χ0v) is 15.4. The van der Waals surface area contributed by atoms with Gasteiger partial charge in [0.2, 0.25) is 0 Å². The second-order valence-corrected chi connectivity index (χ2v) is 6.71. The normalized spacial score (nSPS) is 18.8. The second kappa shape index (κ2) is 7.08. The molecule has 27 heavy (non-hydrogen) atoms. The van der Waals surface area contributed by atoms with E-state index in [-0.39, 0.29) is 5.41 Å². The van der Waals surface area contributed by atoms with Crippen molar-refractivity contribution in [1.82, 2.24) is 15.0 Å². The first-order valence-electron chi connectivity index (χ1n) is 8.93. The molecule has 0 spiro atoms. The molecule has 3 aromatic rings. The molecule has 0 aliphatic carbocycles. The fourth-order valence-electron chi connectivity index (χ4n) is 3.04. The van der Waals surface area contributed by atoms with Gasteiger partial charge in [0.15, 0.2) is 11.6 Å². The Morgan fingerprint density at radius 3 is 2.19 bits per heavy atom. The summed E-state index contributed by atoms with van der Waals surface area (Å²) in [5.74, 6) is 1.92. The van der Waals surface area contributed by atoms with Gasteiger partial charge in [-0.05, 0) is 25.5 Å². The molecule has 4 heteroatoms. The van der Waals surface area contributed by atoms with Gasteiger partial charge in [-0.25, -0.2) is 15.0 Å². The van der Waals surface area contributed by atoms with Crippen molar-refractivity contribution in [2.45, 2.75) is 19.3 Å². The highest BCUT2D eigenvalue weighted by Gasteiger charge is 2.22. The standard InChI is InChI=1S/C23H20N4/c1-17-25-21(18-10-5-3-6-11-18)27-22(26-17)20-14-9-15-23(2,16-24-20)19-12-7-4-8-13-19/h3-16H,1-2H3. The molecule has 1 aromatic heterocycles. The Morgan fingerprint density at radius 1 is 0.778 bits per heavy atom. The maximum atomic E-state index is 4.72. The first-order chi connectivity index (χ1) is 13.1. The van der Waals surface area contributed by atoms with Crippen LogP contribution in [0, 0.1) is 6.92 Å². The molecule has 2 heterocycles. The molecule has 1 aliphatic rings. The van der Waals surface area contributed by atoms with Gasteiger partial charge in [-0.15, -0.1) is 0 Å². The van der Waals surface area contributed by atoms with Crippen molar-refractivity contribution in [3.05, 3.63) is 96.1 Å².